The molecular weight excluding hydrogens is 384 g/mol. The first-order valence-electron chi connectivity index (χ1n) is 12.6. The molecule has 0 aromatic carbocycles. The van der Waals surface area contributed by atoms with Gasteiger partial charge in [0, 0.05) is 16.6 Å². The van der Waals surface area contributed by atoms with Crippen molar-refractivity contribution in [3.8, 4) is 11.8 Å². The van der Waals surface area contributed by atoms with Gasteiger partial charge in [-0.05, 0) is 50.6 Å². The smallest absolute Gasteiger partial charge is 0.0495 e. The number of rotatable bonds is 0. The Morgan fingerprint density at radius 2 is 1.16 bits per heavy atom. The third kappa shape index (κ3) is 6.91. The molecule has 0 aromatic heterocycles. The zero-order valence-corrected chi connectivity index (χ0v) is 24.8. The number of allylic oxidation sites excluding steroid dienone is 3. The monoisotopic (exact) mass is 438 g/mol. The van der Waals surface area contributed by atoms with Crippen LogP contribution in [0, 0.1) is 50.2 Å². The average Bonchev–Trinajstić information content (AvgIpc) is 2.74. The van der Waals surface area contributed by atoms with Crippen molar-refractivity contribution in [3.63, 3.8) is 0 Å². The van der Waals surface area contributed by atoms with Crippen LogP contribution in [0.25, 0.3) is 0 Å². The first kappa shape index (κ1) is 28.9. The predicted molar refractivity (Wildman–Crippen MR) is 145 cm³/mol. The second kappa shape index (κ2) is 8.55. The summed E-state index contributed by atoms with van der Waals surface area (Å²) in [5, 5.41) is 0. The summed E-state index contributed by atoms with van der Waals surface area (Å²) in [7, 11) is 0. The highest BCUT2D eigenvalue weighted by molar-refractivity contribution is 5.50. The van der Waals surface area contributed by atoms with E-state index < -0.39 is 0 Å². The topological polar surface area (TPSA) is 0 Å². The maximum atomic E-state index is 3.86. The highest BCUT2D eigenvalue weighted by Crippen LogP contribution is 2.56. The molecule has 0 amide bonds. The van der Waals surface area contributed by atoms with Crippen molar-refractivity contribution < 1.29 is 0 Å². The lowest BCUT2D eigenvalue weighted by Crippen LogP contribution is -2.27. The summed E-state index contributed by atoms with van der Waals surface area (Å²) in [5.74, 6) is 8.00. The van der Waals surface area contributed by atoms with Gasteiger partial charge in [0.25, 0.3) is 0 Å². The Kier molecular flexibility index (Phi) is 7.71. The zero-order chi connectivity index (χ0) is 25.7. The highest BCUT2D eigenvalue weighted by atomic mass is 14.5. The van der Waals surface area contributed by atoms with Crippen LogP contribution in [0.4, 0.5) is 0 Å². The third-order valence-electron chi connectivity index (χ3n) is 6.67. The molecule has 1 aliphatic rings. The molecule has 0 aromatic rings. The lowest BCUT2D eigenvalue weighted by molar-refractivity contribution is 0.216. The molecular formula is C32H54. The molecule has 1 rings (SSSR count). The maximum Gasteiger partial charge on any atom is 0.0495 e. The average molecular weight is 439 g/mol. The van der Waals surface area contributed by atoms with Gasteiger partial charge in [0.2, 0.25) is 0 Å². The normalized spacial score (nSPS) is 20.0. The molecule has 0 saturated carbocycles. The lowest BCUT2D eigenvalue weighted by atomic mass is 9.69. The van der Waals surface area contributed by atoms with Crippen LogP contribution >= 0.6 is 0 Å². The molecule has 0 saturated heterocycles. The fourth-order valence-electron chi connectivity index (χ4n) is 5.28. The minimum Gasteiger partial charge on any atom is -0.107 e. The molecule has 0 bridgehead atoms. The molecule has 0 N–H and O–H groups in total. The SMILES string of the molecule is CC(C)(C)C(=C=C(C(C)(C)C)C(C)(C)C)C#CC1=C(C(C)(C)C)C(C(C)(C)C)CC1(C)C. The van der Waals surface area contributed by atoms with Gasteiger partial charge in [0.1, 0.15) is 0 Å². The van der Waals surface area contributed by atoms with Gasteiger partial charge in [-0.3, -0.25) is 0 Å². The van der Waals surface area contributed by atoms with Gasteiger partial charge in [-0.1, -0.05) is 130 Å². The van der Waals surface area contributed by atoms with Crippen molar-refractivity contribution in [2.45, 2.75) is 124 Å². The second-order valence-electron chi connectivity index (χ2n) is 15.9. The fraction of sp³-hybridized carbons (Fsp3) is 0.781. The fourth-order valence-corrected chi connectivity index (χ4v) is 5.28. The number of hydrogen-bond donors (Lipinski definition) is 0. The van der Waals surface area contributed by atoms with Gasteiger partial charge in [0.05, 0.1) is 0 Å². The largest absolute Gasteiger partial charge is 0.107 e. The Labute approximate surface area is 202 Å². The van der Waals surface area contributed by atoms with E-state index in [1.807, 2.05) is 0 Å². The minimum atomic E-state index is -0.0522. The first-order chi connectivity index (χ1) is 13.8. The van der Waals surface area contributed by atoms with Crippen LogP contribution in [0.15, 0.2) is 28.0 Å². The van der Waals surface area contributed by atoms with Crippen molar-refractivity contribution in [2.75, 3.05) is 0 Å². The second-order valence-corrected chi connectivity index (χ2v) is 15.9. The van der Waals surface area contributed by atoms with Gasteiger partial charge < -0.3 is 0 Å². The molecule has 0 spiro atoms. The van der Waals surface area contributed by atoms with Crippen molar-refractivity contribution in [2.24, 2.45) is 38.4 Å². The van der Waals surface area contributed by atoms with Crippen molar-refractivity contribution in [1.29, 1.82) is 0 Å². The summed E-state index contributed by atoms with van der Waals surface area (Å²) in [4.78, 5) is 0. The van der Waals surface area contributed by atoms with E-state index in [0.717, 1.165) is 5.57 Å². The molecule has 0 heterocycles. The highest BCUT2D eigenvalue weighted by Gasteiger charge is 2.46. The lowest BCUT2D eigenvalue weighted by Gasteiger charge is -2.36. The van der Waals surface area contributed by atoms with E-state index in [2.05, 4.69) is 135 Å². The van der Waals surface area contributed by atoms with Gasteiger partial charge >= 0.3 is 0 Å². The van der Waals surface area contributed by atoms with Gasteiger partial charge in [-0.15, -0.1) is 5.73 Å². The molecule has 182 valence electrons. The van der Waals surface area contributed by atoms with Crippen molar-refractivity contribution >= 4 is 0 Å². The summed E-state index contributed by atoms with van der Waals surface area (Å²) in [6, 6.07) is 0. The molecule has 32 heavy (non-hydrogen) atoms. The molecule has 0 nitrogen and oxygen atoms in total. The Bertz CT molecular complexity index is 844. The maximum absolute atomic E-state index is 3.86. The summed E-state index contributed by atoms with van der Waals surface area (Å²) < 4.78 is 0. The van der Waals surface area contributed by atoms with Gasteiger partial charge in [-0.2, -0.15) is 0 Å². The van der Waals surface area contributed by atoms with Crippen LogP contribution in [0.3, 0.4) is 0 Å². The van der Waals surface area contributed by atoms with E-state index in [1.54, 1.807) is 5.57 Å². The van der Waals surface area contributed by atoms with Crippen LogP contribution in [-0.2, 0) is 0 Å². The van der Waals surface area contributed by atoms with Gasteiger partial charge in [-0.25, -0.2) is 0 Å². The third-order valence-corrected chi connectivity index (χ3v) is 6.67. The van der Waals surface area contributed by atoms with Gasteiger partial charge in [0.15, 0.2) is 0 Å². The van der Waals surface area contributed by atoms with E-state index >= 15 is 0 Å². The molecule has 0 radical (unpaired) electrons. The summed E-state index contributed by atoms with van der Waals surface area (Å²) in [6.07, 6.45) is 1.17. The summed E-state index contributed by atoms with van der Waals surface area (Å²) in [6.45, 7) is 39.6. The van der Waals surface area contributed by atoms with E-state index in [-0.39, 0.29) is 32.5 Å². The van der Waals surface area contributed by atoms with E-state index in [4.69, 9.17) is 0 Å². The molecule has 1 unspecified atom stereocenters. The van der Waals surface area contributed by atoms with Crippen LogP contribution < -0.4 is 0 Å². The molecule has 1 atom stereocenters. The Morgan fingerprint density at radius 1 is 0.719 bits per heavy atom. The zero-order valence-electron chi connectivity index (χ0n) is 24.8. The van der Waals surface area contributed by atoms with Crippen LogP contribution in [-0.4, -0.2) is 0 Å². The molecule has 1 aliphatic carbocycles. The van der Waals surface area contributed by atoms with E-state index in [0.29, 0.717) is 5.92 Å². The Morgan fingerprint density at radius 3 is 1.47 bits per heavy atom. The number of hydrogen-bond acceptors (Lipinski definition) is 0. The summed E-state index contributed by atoms with van der Waals surface area (Å²) >= 11 is 0. The molecule has 0 fully saturated rings. The van der Waals surface area contributed by atoms with Crippen molar-refractivity contribution in [3.05, 3.63) is 28.0 Å². The predicted octanol–water partition coefficient (Wildman–Crippen LogP) is 10.0. The first-order valence-corrected chi connectivity index (χ1v) is 12.6. The van der Waals surface area contributed by atoms with Crippen LogP contribution in [0.2, 0.25) is 0 Å². The van der Waals surface area contributed by atoms with E-state index in [1.165, 1.54) is 17.6 Å². The Hall–Kier alpha value is -1.18. The minimum absolute atomic E-state index is 0.0518. The van der Waals surface area contributed by atoms with Crippen LogP contribution in [0.1, 0.15) is 124 Å². The standard InChI is InChI=1S/C32H54/c1-27(2,3)22(20-25(29(7,8)9)30(10,11)12)18-19-23-26(31(13,14)15)24(28(4,5)6)21-32(23,16)17/h24H,21H2,1-17H3. The van der Waals surface area contributed by atoms with Crippen molar-refractivity contribution in [1.82, 2.24) is 0 Å². The Balaban J connectivity index is 4.01. The molecule has 0 aliphatic heterocycles. The van der Waals surface area contributed by atoms with E-state index in [9.17, 15) is 0 Å². The van der Waals surface area contributed by atoms with Crippen LogP contribution in [0.5, 0.6) is 0 Å². The molecule has 0 heteroatoms. The quantitative estimate of drug-likeness (QED) is 0.261. The summed E-state index contributed by atoms with van der Waals surface area (Å²) in [5.41, 5.74) is 9.73.